The Morgan fingerprint density at radius 2 is 1.74 bits per heavy atom. The van der Waals surface area contributed by atoms with Gasteiger partial charge in [0.1, 0.15) is 11.9 Å². The van der Waals surface area contributed by atoms with Gasteiger partial charge in [-0.05, 0) is 25.1 Å². The molecule has 0 saturated carbocycles. The monoisotopic (exact) mass is 374 g/mol. The maximum Gasteiger partial charge on any atom is 0.261 e. The van der Waals surface area contributed by atoms with Gasteiger partial charge in [0.05, 0.1) is 7.11 Å². The predicted molar refractivity (Wildman–Crippen MR) is 99.0 cm³/mol. The molecule has 0 spiro atoms. The third-order valence-electron chi connectivity index (χ3n) is 4.13. The van der Waals surface area contributed by atoms with Crippen molar-refractivity contribution in [2.75, 3.05) is 20.8 Å². The first-order chi connectivity index (χ1) is 13.0. The lowest BCUT2D eigenvalue weighted by atomic mass is 10.1. The number of carbonyl (C=O) groups is 2. The highest BCUT2D eigenvalue weighted by atomic mass is 19.1. The average molecular weight is 374 g/mol. The van der Waals surface area contributed by atoms with Gasteiger partial charge in [0, 0.05) is 19.2 Å². The molecule has 7 heteroatoms. The van der Waals surface area contributed by atoms with E-state index in [1.807, 2.05) is 0 Å². The SMILES string of the molecule is CNC(=O)C(C)N(Cc1ccccc1F)C(=O)COc1ccccc1OC. The van der Waals surface area contributed by atoms with E-state index in [0.717, 1.165) is 0 Å². The number of rotatable bonds is 8. The Bertz CT molecular complexity index is 797. The summed E-state index contributed by atoms with van der Waals surface area (Å²) in [5.41, 5.74) is 0.318. The first kappa shape index (κ1) is 20.2. The molecule has 0 aliphatic carbocycles. The van der Waals surface area contributed by atoms with Crippen molar-refractivity contribution in [2.45, 2.75) is 19.5 Å². The molecule has 2 aromatic carbocycles. The molecule has 6 nitrogen and oxygen atoms in total. The molecule has 0 saturated heterocycles. The lowest BCUT2D eigenvalue weighted by Gasteiger charge is -2.28. The summed E-state index contributed by atoms with van der Waals surface area (Å²) in [6.45, 7) is 1.23. The van der Waals surface area contributed by atoms with E-state index >= 15 is 0 Å². The number of nitrogens with one attached hydrogen (secondary N) is 1. The minimum atomic E-state index is -0.789. The van der Waals surface area contributed by atoms with Gasteiger partial charge in [-0.1, -0.05) is 30.3 Å². The van der Waals surface area contributed by atoms with Crippen LogP contribution >= 0.6 is 0 Å². The van der Waals surface area contributed by atoms with Gasteiger partial charge in [-0.25, -0.2) is 4.39 Å². The number of nitrogens with zero attached hydrogens (tertiary/aromatic N) is 1. The number of hydrogen-bond acceptors (Lipinski definition) is 4. The van der Waals surface area contributed by atoms with Gasteiger partial charge < -0.3 is 19.7 Å². The summed E-state index contributed by atoms with van der Waals surface area (Å²) in [4.78, 5) is 26.1. The van der Waals surface area contributed by atoms with Gasteiger partial charge in [-0.2, -0.15) is 0 Å². The lowest BCUT2D eigenvalue weighted by molar-refractivity contribution is -0.142. The number of likely N-dealkylation sites (N-methyl/N-ethyl adjacent to an activating group) is 1. The van der Waals surface area contributed by atoms with E-state index in [9.17, 15) is 14.0 Å². The van der Waals surface area contributed by atoms with E-state index in [1.165, 1.54) is 25.1 Å². The van der Waals surface area contributed by atoms with Gasteiger partial charge in [0.2, 0.25) is 5.91 Å². The second kappa shape index (κ2) is 9.56. The van der Waals surface area contributed by atoms with Crippen LogP contribution in [0, 0.1) is 5.82 Å². The topological polar surface area (TPSA) is 67.9 Å². The zero-order valence-corrected chi connectivity index (χ0v) is 15.6. The van der Waals surface area contributed by atoms with Crippen molar-refractivity contribution < 1.29 is 23.5 Å². The van der Waals surface area contributed by atoms with Crippen molar-refractivity contribution in [1.29, 1.82) is 0 Å². The minimum Gasteiger partial charge on any atom is -0.493 e. The van der Waals surface area contributed by atoms with Gasteiger partial charge in [0.25, 0.3) is 5.91 Å². The molecule has 0 aliphatic rings. The van der Waals surface area contributed by atoms with E-state index in [0.29, 0.717) is 17.1 Å². The highest BCUT2D eigenvalue weighted by Gasteiger charge is 2.26. The van der Waals surface area contributed by atoms with Gasteiger partial charge >= 0.3 is 0 Å². The molecule has 0 aliphatic heterocycles. The molecule has 27 heavy (non-hydrogen) atoms. The van der Waals surface area contributed by atoms with Crippen molar-refractivity contribution >= 4 is 11.8 Å². The third kappa shape index (κ3) is 5.20. The Labute approximate surface area is 157 Å². The number of benzene rings is 2. The first-order valence-electron chi connectivity index (χ1n) is 8.48. The molecule has 2 aromatic rings. The Kier molecular flexibility index (Phi) is 7.16. The molecular weight excluding hydrogens is 351 g/mol. The minimum absolute atomic E-state index is 0.0463. The van der Waals surface area contributed by atoms with Gasteiger partial charge in [-0.15, -0.1) is 0 Å². The maximum absolute atomic E-state index is 14.0. The van der Waals surface area contributed by atoms with Crippen LogP contribution in [0.5, 0.6) is 11.5 Å². The largest absolute Gasteiger partial charge is 0.493 e. The quantitative estimate of drug-likeness (QED) is 0.770. The molecule has 2 amide bonds. The normalized spacial score (nSPS) is 11.4. The molecule has 1 N–H and O–H groups in total. The summed E-state index contributed by atoms with van der Waals surface area (Å²) in [5.74, 6) is -0.334. The lowest BCUT2D eigenvalue weighted by Crippen LogP contribution is -2.48. The summed E-state index contributed by atoms with van der Waals surface area (Å²) < 4.78 is 24.8. The van der Waals surface area contributed by atoms with Crippen LogP contribution in [-0.4, -0.2) is 43.5 Å². The van der Waals surface area contributed by atoms with Crippen LogP contribution in [0.25, 0.3) is 0 Å². The van der Waals surface area contributed by atoms with E-state index in [-0.39, 0.29) is 19.1 Å². The molecule has 1 unspecified atom stereocenters. The number of methoxy groups -OCH3 is 1. The average Bonchev–Trinajstić information content (AvgIpc) is 2.70. The zero-order chi connectivity index (χ0) is 19.8. The molecule has 0 bridgehead atoms. The number of carbonyl (C=O) groups excluding carboxylic acids is 2. The van der Waals surface area contributed by atoms with E-state index in [2.05, 4.69) is 5.32 Å². The molecule has 0 fully saturated rings. The summed E-state index contributed by atoms with van der Waals surface area (Å²) in [7, 11) is 2.98. The van der Waals surface area contributed by atoms with Crippen molar-refractivity contribution in [2.24, 2.45) is 0 Å². The smallest absolute Gasteiger partial charge is 0.261 e. The number of ether oxygens (including phenoxy) is 2. The molecule has 144 valence electrons. The highest BCUT2D eigenvalue weighted by molar-refractivity contribution is 5.87. The molecule has 0 radical (unpaired) electrons. The summed E-state index contributed by atoms with van der Waals surface area (Å²) in [6, 6.07) is 12.3. The van der Waals surface area contributed by atoms with Crippen LogP contribution in [0.2, 0.25) is 0 Å². The fraction of sp³-hybridized carbons (Fsp3) is 0.300. The van der Waals surface area contributed by atoms with Crippen LogP contribution in [0.4, 0.5) is 4.39 Å². The maximum atomic E-state index is 14.0. The molecule has 2 rings (SSSR count). The first-order valence-corrected chi connectivity index (χ1v) is 8.48. The van der Waals surface area contributed by atoms with Crippen LogP contribution in [-0.2, 0) is 16.1 Å². The van der Waals surface area contributed by atoms with Crippen molar-refractivity contribution in [1.82, 2.24) is 10.2 Å². The molecular formula is C20H23FN2O4. The summed E-state index contributed by atoms with van der Waals surface area (Å²) in [5, 5.41) is 2.51. The molecule has 0 aromatic heterocycles. The Morgan fingerprint density at radius 3 is 2.37 bits per heavy atom. The van der Waals surface area contributed by atoms with Crippen molar-refractivity contribution in [3.8, 4) is 11.5 Å². The van der Waals surface area contributed by atoms with Crippen LogP contribution in [0.15, 0.2) is 48.5 Å². The van der Waals surface area contributed by atoms with Gasteiger partial charge in [-0.3, -0.25) is 9.59 Å². The third-order valence-corrected chi connectivity index (χ3v) is 4.13. The Hall–Kier alpha value is -3.09. The Morgan fingerprint density at radius 1 is 1.11 bits per heavy atom. The van der Waals surface area contributed by atoms with E-state index in [1.54, 1.807) is 49.4 Å². The summed E-state index contributed by atoms with van der Waals surface area (Å²) in [6.07, 6.45) is 0. The van der Waals surface area contributed by atoms with Crippen LogP contribution in [0.1, 0.15) is 12.5 Å². The van der Waals surface area contributed by atoms with Crippen molar-refractivity contribution in [3.63, 3.8) is 0 Å². The van der Waals surface area contributed by atoms with E-state index < -0.39 is 17.8 Å². The van der Waals surface area contributed by atoms with Gasteiger partial charge in [0.15, 0.2) is 18.1 Å². The highest BCUT2D eigenvalue weighted by Crippen LogP contribution is 2.25. The number of hydrogen-bond donors (Lipinski definition) is 1. The second-order valence-corrected chi connectivity index (χ2v) is 5.84. The fourth-order valence-corrected chi connectivity index (χ4v) is 2.56. The Balaban J connectivity index is 2.17. The number of para-hydroxylation sites is 2. The fourth-order valence-electron chi connectivity index (χ4n) is 2.56. The second-order valence-electron chi connectivity index (χ2n) is 5.84. The molecule has 0 heterocycles. The number of amides is 2. The zero-order valence-electron chi connectivity index (χ0n) is 15.6. The summed E-state index contributed by atoms with van der Waals surface area (Å²) >= 11 is 0. The predicted octanol–water partition coefficient (Wildman–Crippen LogP) is 2.38. The molecule has 1 atom stereocenters. The van der Waals surface area contributed by atoms with Crippen molar-refractivity contribution in [3.05, 3.63) is 59.9 Å². The van der Waals surface area contributed by atoms with Crippen LogP contribution in [0.3, 0.4) is 0 Å². The van der Waals surface area contributed by atoms with E-state index in [4.69, 9.17) is 9.47 Å². The standard InChI is InChI=1S/C20H23FN2O4/c1-14(20(25)22-2)23(12-15-8-4-5-9-16(15)21)19(24)13-27-18-11-7-6-10-17(18)26-3/h4-11,14H,12-13H2,1-3H3,(H,22,25). The van der Waals surface area contributed by atoms with Crippen LogP contribution < -0.4 is 14.8 Å². The number of halogens is 1.